The van der Waals surface area contributed by atoms with Crippen LogP contribution >= 0.6 is 0 Å². The van der Waals surface area contributed by atoms with Gasteiger partial charge in [-0.1, -0.05) is 0 Å². The second kappa shape index (κ2) is 6.52. The molecule has 0 radical (unpaired) electrons. The highest BCUT2D eigenvalue weighted by molar-refractivity contribution is 7.89. The third kappa shape index (κ3) is 4.21. The molecule has 0 bridgehead atoms. The zero-order chi connectivity index (χ0) is 14.5. The molecule has 1 unspecified atom stereocenters. The molecule has 1 rings (SSSR count). The van der Waals surface area contributed by atoms with Crippen LogP contribution in [-0.2, 0) is 14.8 Å². The number of ether oxygens (including phenoxy) is 1. The minimum Gasteiger partial charge on any atom is -0.398 e. The monoisotopic (exact) mass is 283 g/mol. The molecule has 1 aromatic rings. The van der Waals surface area contributed by atoms with E-state index in [4.69, 9.17) is 15.7 Å². The highest BCUT2D eigenvalue weighted by Crippen LogP contribution is 2.19. The van der Waals surface area contributed by atoms with Gasteiger partial charge in [-0.25, -0.2) is 13.1 Å². The molecule has 3 N–H and O–H groups in total. The van der Waals surface area contributed by atoms with Gasteiger partial charge in [-0.2, -0.15) is 5.26 Å². The Hall–Kier alpha value is -1.62. The molecule has 0 aliphatic carbocycles. The third-order valence-corrected chi connectivity index (χ3v) is 4.02. The van der Waals surface area contributed by atoms with Gasteiger partial charge < -0.3 is 10.5 Å². The van der Waals surface area contributed by atoms with E-state index < -0.39 is 10.0 Å². The molecule has 0 spiro atoms. The predicted molar refractivity (Wildman–Crippen MR) is 71.8 cm³/mol. The fraction of sp³-hybridized carbons (Fsp3) is 0.417. The van der Waals surface area contributed by atoms with Crippen molar-refractivity contribution in [2.24, 2.45) is 0 Å². The second-order valence-electron chi connectivity index (χ2n) is 4.05. The number of sulfonamides is 1. The van der Waals surface area contributed by atoms with Crippen molar-refractivity contribution in [3.05, 3.63) is 23.8 Å². The van der Waals surface area contributed by atoms with Gasteiger partial charge >= 0.3 is 0 Å². The Labute approximate surface area is 113 Å². The van der Waals surface area contributed by atoms with Gasteiger partial charge in [0.25, 0.3) is 0 Å². The molecule has 0 saturated carbocycles. The van der Waals surface area contributed by atoms with Gasteiger partial charge in [0.1, 0.15) is 4.90 Å². The van der Waals surface area contributed by atoms with Crippen molar-refractivity contribution in [1.82, 2.24) is 4.72 Å². The van der Waals surface area contributed by atoms with Crippen molar-refractivity contribution in [3.63, 3.8) is 0 Å². The number of nitrogens with one attached hydrogen (secondary N) is 1. The van der Waals surface area contributed by atoms with E-state index in [2.05, 4.69) is 4.72 Å². The second-order valence-corrected chi connectivity index (χ2v) is 5.73. The summed E-state index contributed by atoms with van der Waals surface area (Å²) in [5.41, 5.74) is 6.03. The topological polar surface area (TPSA) is 105 Å². The molecule has 19 heavy (non-hydrogen) atoms. The lowest BCUT2D eigenvalue weighted by Gasteiger charge is -2.15. The van der Waals surface area contributed by atoms with E-state index in [1.807, 2.05) is 13.0 Å². The zero-order valence-corrected chi connectivity index (χ0v) is 11.7. The quantitative estimate of drug-likeness (QED) is 0.753. The molecular weight excluding hydrogens is 266 g/mol. The third-order valence-electron chi connectivity index (χ3n) is 2.36. The number of rotatable bonds is 6. The van der Waals surface area contributed by atoms with Gasteiger partial charge in [-0.15, -0.1) is 0 Å². The van der Waals surface area contributed by atoms with Crippen LogP contribution in [0.3, 0.4) is 0 Å². The molecule has 1 aromatic carbocycles. The Kier molecular flexibility index (Phi) is 5.30. The molecule has 0 aromatic heterocycles. The number of benzene rings is 1. The van der Waals surface area contributed by atoms with Crippen molar-refractivity contribution >= 4 is 15.7 Å². The first-order valence-corrected chi connectivity index (χ1v) is 7.28. The summed E-state index contributed by atoms with van der Waals surface area (Å²) in [6.45, 7) is 4.34. The van der Waals surface area contributed by atoms with E-state index in [0.717, 1.165) is 0 Å². The molecule has 1 atom stereocenters. The minimum atomic E-state index is -3.71. The Morgan fingerprint density at radius 3 is 2.74 bits per heavy atom. The lowest BCUT2D eigenvalue weighted by atomic mass is 10.2. The molecule has 0 heterocycles. The first-order chi connectivity index (χ1) is 8.90. The molecule has 0 saturated heterocycles. The van der Waals surface area contributed by atoms with E-state index in [-0.39, 0.29) is 23.2 Å². The molecule has 6 nitrogen and oxygen atoms in total. The Balaban J connectivity index is 2.92. The molecule has 7 heteroatoms. The Morgan fingerprint density at radius 1 is 1.53 bits per heavy atom. The molecular formula is C12H17N3O3S. The largest absolute Gasteiger partial charge is 0.398 e. The van der Waals surface area contributed by atoms with Crippen molar-refractivity contribution in [1.29, 1.82) is 5.26 Å². The first kappa shape index (κ1) is 15.4. The van der Waals surface area contributed by atoms with E-state index >= 15 is 0 Å². The summed E-state index contributed by atoms with van der Waals surface area (Å²) in [7, 11) is -3.71. The van der Waals surface area contributed by atoms with E-state index in [1.54, 1.807) is 6.92 Å². The molecule has 0 aliphatic heterocycles. The average molecular weight is 283 g/mol. The van der Waals surface area contributed by atoms with Gasteiger partial charge in [0.15, 0.2) is 0 Å². The number of nitrogen functional groups attached to an aromatic ring is 1. The van der Waals surface area contributed by atoms with E-state index in [1.165, 1.54) is 18.2 Å². The summed E-state index contributed by atoms with van der Waals surface area (Å²) in [5.74, 6) is 0. The van der Waals surface area contributed by atoms with Gasteiger partial charge in [0.05, 0.1) is 23.9 Å². The Bertz CT molecular complexity index is 578. The molecule has 104 valence electrons. The number of nitrogens with two attached hydrogens (primary N) is 1. The fourth-order valence-corrected chi connectivity index (χ4v) is 2.86. The summed E-state index contributed by atoms with van der Waals surface area (Å²) < 4.78 is 31.8. The minimum absolute atomic E-state index is 0.0325. The highest BCUT2D eigenvalue weighted by atomic mass is 32.2. The number of hydrogen-bond donors (Lipinski definition) is 2. The maximum absolute atomic E-state index is 12.1. The molecule has 0 fully saturated rings. The number of hydrogen-bond acceptors (Lipinski definition) is 5. The van der Waals surface area contributed by atoms with Crippen LogP contribution in [0.1, 0.15) is 19.4 Å². The number of nitrogens with zero attached hydrogens (tertiary/aromatic N) is 1. The standard InChI is InChI=1S/C12H17N3O3S/c1-3-18-8-9(2)15-19(16,17)12-5-4-10(7-13)6-11(12)14/h4-6,9,15H,3,8,14H2,1-2H3. The molecule has 0 aliphatic rings. The summed E-state index contributed by atoms with van der Waals surface area (Å²) >= 11 is 0. The summed E-state index contributed by atoms with van der Waals surface area (Å²) in [6.07, 6.45) is 0. The maximum atomic E-state index is 12.1. The SMILES string of the molecule is CCOCC(C)NS(=O)(=O)c1ccc(C#N)cc1N. The number of anilines is 1. The lowest BCUT2D eigenvalue weighted by Crippen LogP contribution is -2.36. The first-order valence-electron chi connectivity index (χ1n) is 5.80. The van der Waals surface area contributed by atoms with Crippen LogP contribution in [-0.4, -0.2) is 27.7 Å². The van der Waals surface area contributed by atoms with Gasteiger partial charge in [0, 0.05) is 12.6 Å². The summed E-state index contributed by atoms with van der Waals surface area (Å²) in [6, 6.07) is 5.61. The number of nitriles is 1. The van der Waals surface area contributed by atoms with Gasteiger partial charge in [-0.05, 0) is 32.0 Å². The van der Waals surface area contributed by atoms with Crippen molar-refractivity contribution in [2.45, 2.75) is 24.8 Å². The van der Waals surface area contributed by atoms with Crippen LogP contribution in [0.2, 0.25) is 0 Å². The van der Waals surface area contributed by atoms with E-state index in [0.29, 0.717) is 12.2 Å². The average Bonchev–Trinajstić information content (AvgIpc) is 2.35. The summed E-state index contributed by atoms with van der Waals surface area (Å²) in [5, 5.41) is 8.71. The smallest absolute Gasteiger partial charge is 0.242 e. The van der Waals surface area contributed by atoms with Gasteiger partial charge in [0.2, 0.25) is 10.0 Å². The van der Waals surface area contributed by atoms with Crippen LogP contribution in [0.25, 0.3) is 0 Å². The van der Waals surface area contributed by atoms with Crippen molar-refractivity contribution in [2.75, 3.05) is 18.9 Å². The zero-order valence-electron chi connectivity index (χ0n) is 10.9. The molecule has 0 amide bonds. The van der Waals surface area contributed by atoms with Crippen LogP contribution < -0.4 is 10.5 Å². The van der Waals surface area contributed by atoms with Crippen LogP contribution in [0, 0.1) is 11.3 Å². The van der Waals surface area contributed by atoms with Crippen LogP contribution in [0.5, 0.6) is 0 Å². The normalized spacial score (nSPS) is 12.9. The summed E-state index contributed by atoms with van der Waals surface area (Å²) in [4.78, 5) is -0.0325. The highest BCUT2D eigenvalue weighted by Gasteiger charge is 2.20. The predicted octanol–water partition coefficient (Wildman–Crippen LogP) is 0.844. The van der Waals surface area contributed by atoms with E-state index in [9.17, 15) is 8.42 Å². The van der Waals surface area contributed by atoms with Crippen molar-refractivity contribution < 1.29 is 13.2 Å². The van der Waals surface area contributed by atoms with Crippen LogP contribution in [0.15, 0.2) is 23.1 Å². The fourth-order valence-electron chi connectivity index (χ4n) is 1.52. The van der Waals surface area contributed by atoms with Crippen molar-refractivity contribution in [3.8, 4) is 6.07 Å². The Morgan fingerprint density at radius 2 is 2.21 bits per heavy atom. The van der Waals surface area contributed by atoms with Gasteiger partial charge in [-0.3, -0.25) is 0 Å². The maximum Gasteiger partial charge on any atom is 0.242 e. The van der Waals surface area contributed by atoms with Crippen LogP contribution in [0.4, 0.5) is 5.69 Å². The lowest BCUT2D eigenvalue weighted by molar-refractivity contribution is 0.133.